The third-order valence-electron chi connectivity index (χ3n) is 4.94. The topological polar surface area (TPSA) is 52.2 Å². The molecule has 2 aromatic rings. The van der Waals surface area contributed by atoms with Gasteiger partial charge in [-0.1, -0.05) is 0 Å². The molecule has 0 unspecified atom stereocenters. The fraction of sp³-hybridized carbons (Fsp3) is 0.529. The maximum atomic E-state index is 11.9. The number of H-pyrrole nitrogens is 1. The van der Waals surface area contributed by atoms with E-state index in [0.29, 0.717) is 11.4 Å². The SMILES string of the molecule is C[C@@H]1CN(c2ccc3nc[nH]c(=O)c3c2)CCN1CC1CC1. The molecule has 2 heterocycles. The van der Waals surface area contributed by atoms with Crippen LogP contribution in [0.15, 0.2) is 29.3 Å². The highest BCUT2D eigenvalue weighted by molar-refractivity contribution is 5.81. The van der Waals surface area contributed by atoms with Gasteiger partial charge >= 0.3 is 0 Å². The summed E-state index contributed by atoms with van der Waals surface area (Å²) in [5.74, 6) is 0.944. The second-order valence-corrected chi connectivity index (χ2v) is 6.67. The highest BCUT2D eigenvalue weighted by Crippen LogP contribution is 2.31. The van der Waals surface area contributed by atoms with Crippen molar-refractivity contribution in [3.8, 4) is 0 Å². The Bertz CT molecular complexity index is 737. The molecule has 0 radical (unpaired) electrons. The molecule has 5 heteroatoms. The lowest BCUT2D eigenvalue weighted by atomic mass is 10.1. The molecule has 1 saturated carbocycles. The molecule has 5 nitrogen and oxygen atoms in total. The molecule has 2 aliphatic rings. The van der Waals surface area contributed by atoms with E-state index >= 15 is 0 Å². The molecule has 0 spiro atoms. The largest absolute Gasteiger partial charge is 0.369 e. The molecular weight excluding hydrogens is 276 g/mol. The molecule has 116 valence electrons. The van der Waals surface area contributed by atoms with Crippen LogP contribution in [0.25, 0.3) is 10.9 Å². The van der Waals surface area contributed by atoms with E-state index in [1.807, 2.05) is 12.1 Å². The number of benzene rings is 1. The Labute approximate surface area is 130 Å². The van der Waals surface area contributed by atoms with Crippen molar-refractivity contribution in [1.29, 1.82) is 0 Å². The van der Waals surface area contributed by atoms with Gasteiger partial charge in [-0.05, 0) is 43.9 Å². The molecule has 1 aromatic carbocycles. The van der Waals surface area contributed by atoms with Gasteiger partial charge in [0.2, 0.25) is 0 Å². The van der Waals surface area contributed by atoms with Crippen LogP contribution in [0.5, 0.6) is 0 Å². The molecular formula is C17H22N4O. The van der Waals surface area contributed by atoms with E-state index in [9.17, 15) is 4.79 Å². The number of hydrogen-bond donors (Lipinski definition) is 1. The quantitative estimate of drug-likeness (QED) is 0.939. The maximum Gasteiger partial charge on any atom is 0.258 e. The normalized spacial score (nSPS) is 23.1. The van der Waals surface area contributed by atoms with Crippen LogP contribution in [0.4, 0.5) is 5.69 Å². The van der Waals surface area contributed by atoms with E-state index in [1.165, 1.54) is 25.7 Å². The molecule has 1 atom stereocenters. The van der Waals surface area contributed by atoms with Gasteiger partial charge in [0, 0.05) is 37.9 Å². The number of nitrogens with zero attached hydrogens (tertiary/aromatic N) is 3. The van der Waals surface area contributed by atoms with Gasteiger partial charge in [-0.3, -0.25) is 9.69 Å². The number of aromatic nitrogens is 2. The summed E-state index contributed by atoms with van der Waals surface area (Å²) in [6.07, 6.45) is 4.28. The van der Waals surface area contributed by atoms with Crippen molar-refractivity contribution in [3.05, 3.63) is 34.9 Å². The third-order valence-corrected chi connectivity index (χ3v) is 4.94. The second kappa shape index (κ2) is 5.39. The second-order valence-electron chi connectivity index (χ2n) is 6.67. The summed E-state index contributed by atoms with van der Waals surface area (Å²) >= 11 is 0. The molecule has 0 amide bonds. The van der Waals surface area contributed by atoms with Crippen molar-refractivity contribution in [2.24, 2.45) is 5.92 Å². The van der Waals surface area contributed by atoms with Crippen LogP contribution < -0.4 is 10.5 Å². The lowest BCUT2D eigenvalue weighted by Crippen LogP contribution is -2.52. The van der Waals surface area contributed by atoms with Gasteiger partial charge in [0.15, 0.2) is 0 Å². The van der Waals surface area contributed by atoms with Gasteiger partial charge in [0.25, 0.3) is 5.56 Å². The van der Waals surface area contributed by atoms with Crippen molar-refractivity contribution in [3.63, 3.8) is 0 Å². The number of aromatic amines is 1. The van der Waals surface area contributed by atoms with Gasteiger partial charge in [-0.2, -0.15) is 0 Å². The van der Waals surface area contributed by atoms with Gasteiger partial charge in [0.1, 0.15) is 0 Å². The number of rotatable bonds is 3. The number of hydrogen-bond acceptors (Lipinski definition) is 4. The number of nitrogens with one attached hydrogen (secondary N) is 1. The first kappa shape index (κ1) is 13.8. The predicted molar refractivity (Wildman–Crippen MR) is 88.3 cm³/mol. The highest BCUT2D eigenvalue weighted by Gasteiger charge is 2.30. The zero-order valence-electron chi connectivity index (χ0n) is 13.0. The summed E-state index contributed by atoms with van der Waals surface area (Å²) in [6.45, 7) is 6.73. The molecule has 1 aliphatic heterocycles. The zero-order chi connectivity index (χ0) is 15.1. The van der Waals surface area contributed by atoms with Crippen molar-refractivity contribution in [2.75, 3.05) is 31.1 Å². The van der Waals surface area contributed by atoms with Crippen molar-refractivity contribution in [2.45, 2.75) is 25.8 Å². The Kier molecular flexibility index (Phi) is 3.37. The van der Waals surface area contributed by atoms with E-state index in [1.54, 1.807) is 0 Å². The molecule has 1 aliphatic carbocycles. The third kappa shape index (κ3) is 2.61. The summed E-state index contributed by atoms with van der Waals surface area (Å²) in [5.41, 5.74) is 1.82. The fourth-order valence-electron chi connectivity index (χ4n) is 3.39. The average Bonchev–Trinajstić information content (AvgIpc) is 3.34. The minimum atomic E-state index is -0.0627. The van der Waals surface area contributed by atoms with Crippen molar-refractivity contribution >= 4 is 16.6 Å². The molecule has 1 aromatic heterocycles. The van der Waals surface area contributed by atoms with Crippen LogP contribution in [-0.2, 0) is 0 Å². The van der Waals surface area contributed by atoms with E-state index in [2.05, 4.69) is 32.8 Å². The Balaban J connectivity index is 1.55. The summed E-state index contributed by atoms with van der Waals surface area (Å²) in [4.78, 5) is 23.8. The van der Waals surface area contributed by atoms with Crippen LogP contribution in [0.3, 0.4) is 0 Å². The van der Waals surface area contributed by atoms with Crippen LogP contribution in [-0.4, -0.2) is 47.1 Å². The Morgan fingerprint density at radius 3 is 2.95 bits per heavy atom. The smallest absolute Gasteiger partial charge is 0.258 e. The van der Waals surface area contributed by atoms with Crippen LogP contribution in [0, 0.1) is 5.92 Å². The molecule has 4 rings (SSSR count). The Hall–Kier alpha value is -1.88. The highest BCUT2D eigenvalue weighted by atomic mass is 16.1. The van der Waals surface area contributed by atoms with Crippen molar-refractivity contribution in [1.82, 2.24) is 14.9 Å². The van der Waals surface area contributed by atoms with E-state index < -0.39 is 0 Å². The zero-order valence-corrected chi connectivity index (χ0v) is 13.0. The monoisotopic (exact) mass is 298 g/mol. The van der Waals surface area contributed by atoms with E-state index in [-0.39, 0.29) is 5.56 Å². The number of fused-ring (bicyclic) bond motifs is 1. The molecule has 1 N–H and O–H groups in total. The predicted octanol–water partition coefficient (Wildman–Crippen LogP) is 1.84. The van der Waals surface area contributed by atoms with Crippen LogP contribution in [0.2, 0.25) is 0 Å². The first-order chi connectivity index (χ1) is 10.7. The van der Waals surface area contributed by atoms with Crippen LogP contribution >= 0.6 is 0 Å². The number of piperazine rings is 1. The van der Waals surface area contributed by atoms with Gasteiger partial charge in [-0.25, -0.2) is 4.98 Å². The van der Waals surface area contributed by atoms with Gasteiger partial charge in [-0.15, -0.1) is 0 Å². The summed E-state index contributed by atoms with van der Waals surface area (Å²) in [5, 5.41) is 0.674. The Morgan fingerprint density at radius 2 is 2.18 bits per heavy atom. The minimum Gasteiger partial charge on any atom is -0.369 e. The first-order valence-corrected chi connectivity index (χ1v) is 8.17. The maximum absolute atomic E-state index is 11.9. The van der Waals surface area contributed by atoms with Crippen molar-refractivity contribution < 1.29 is 0 Å². The van der Waals surface area contributed by atoms with Gasteiger partial charge in [0.05, 0.1) is 17.2 Å². The molecule has 1 saturated heterocycles. The summed E-state index contributed by atoms with van der Waals surface area (Å²) in [7, 11) is 0. The van der Waals surface area contributed by atoms with E-state index in [4.69, 9.17) is 0 Å². The first-order valence-electron chi connectivity index (χ1n) is 8.17. The summed E-state index contributed by atoms with van der Waals surface area (Å²) < 4.78 is 0. The number of anilines is 1. The van der Waals surface area contributed by atoms with Crippen LogP contribution in [0.1, 0.15) is 19.8 Å². The molecule has 22 heavy (non-hydrogen) atoms. The minimum absolute atomic E-state index is 0.0627. The Morgan fingerprint density at radius 1 is 1.32 bits per heavy atom. The lowest BCUT2D eigenvalue weighted by Gasteiger charge is -2.41. The van der Waals surface area contributed by atoms with Gasteiger partial charge < -0.3 is 9.88 Å². The average molecular weight is 298 g/mol. The molecule has 2 fully saturated rings. The fourth-order valence-corrected chi connectivity index (χ4v) is 3.39. The molecule has 0 bridgehead atoms. The van der Waals surface area contributed by atoms with E-state index in [0.717, 1.165) is 36.8 Å². The summed E-state index contributed by atoms with van der Waals surface area (Å²) in [6, 6.07) is 6.57. The standard InChI is InChI=1S/C17H22N4O/c1-12-9-21(7-6-20(12)10-13-2-3-13)14-4-5-16-15(8-14)17(22)19-11-18-16/h4-5,8,11-13H,2-3,6-7,9-10H2,1H3,(H,18,19,22)/t12-/m1/s1. The lowest BCUT2D eigenvalue weighted by molar-refractivity contribution is 0.182.